The van der Waals surface area contributed by atoms with E-state index in [2.05, 4.69) is 0 Å². The van der Waals surface area contributed by atoms with Gasteiger partial charge in [-0.25, -0.2) is 8.42 Å². The lowest BCUT2D eigenvalue weighted by atomic mass is 10.2. The molecule has 0 aliphatic rings. The predicted molar refractivity (Wildman–Crippen MR) is 63.6 cm³/mol. The number of hydrogen-bond donors (Lipinski definition) is 0. The quantitative estimate of drug-likeness (QED) is 0.710. The first kappa shape index (κ1) is 13.5. The van der Waals surface area contributed by atoms with Crippen molar-refractivity contribution in [3.8, 4) is 11.5 Å². The molecule has 0 unspecified atom stereocenters. The molecule has 94 valence electrons. The van der Waals surface area contributed by atoms with Gasteiger partial charge >= 0.3 is 0 Å². The van der Waals surface area contributed by atoms with Crippen molar-refractivity contribution >= 4 is 16.1 Å². The van der Waals surface area contributed by atoms with Crippen molar-refractivity contribution in [1.29, 1.82) is 0 Å². The molecule has 0 atom stereocenters. The van der Waals surface area contributed by atoms with Crippen molar-refractivity contribution in [2.75, 3.05) is 25.7 Å². The predicted octanol–water partition coefficient (Wildman–Crippen LogP) is 0.931. The van der Waals surface area contributed by atoms with Gasteiger partial charge in [0, 0.05) is 11.8 Å². The number of ether oxygens (including phenoxy) is 2. The Morgan fingerprint density at radius 3 is 2.53 bits per heavy atom. The first-order chi connectivity index (χ1) is 7.96. The van der Waals surface area contributed by atoms with E-state index in [-0.39, 0.29) is 12.4 Å². The monoisotopic (exact) mass is 258 g/mol. The molecule has 0 bridgehead atoms. The molecule has 0 saturated carbocycles. The molecule has 0 spiro atoms. The molecule has 17 heavy (non-hydrogen) atoms. The third-order valence-corrected chi connectivity index (χ3v) is 2.94. The Labute approximate surface area is 100 Å². The molecule has 0 heterocycles. The molecule has 0 amide bonds. The zero-order valence-electron chi connectivity index (χ0n) is 9.67. The number of rotatable bonds is 6. The van der Waals surface area contributed by atoms with Gasteiger partial charge in [0.25, 0.3) is 0 Å². The smallest absolute Gasteiger partial charge is 0.161 e. The van der Waals surface area contributed by atoms with Crippen molar-refractivity contribution in [3.05, 3.63) is 23.8 Å². The minimum Gasteiger partial charge on any atom is -0.493 e. The second-order valence-electron chi connectivity index (χ2n) is 3.51. The Bertz CT molecular complexity index is 493. The molecular formula is C11H14O5S. The van der Waals surface area contributed by atoms with E-state index >= 15 is 0 Å². The number of aldehydes is 1. The highest BCUT2D eigenvalue weighted by Gasteiger charge is 2.07. The van der Waals surface area contributed by atoms with Crippen LogP contribution in [0.5, 0.6) is 11.5 Å². The standard InChI is InChI=1S/C11H14O5S/c1-15-10-4-3-9(8-12)7-11(10)16-5-6-17(2,13)14/h3-4,7-8H,5-6H2,1-2H3. The molecule has 0 aliphatic carbocycles. The number of benzene rings is 1. The molecule has 5 nitrogen and oxygen atoms in total. The van der Waals surface area contributed by atoms with Crippen LogP contribution < -0.4 is 9.47 Å². The average Bonchev–Trinajstić information content (AvgIpc) is 2.27. The van der Waals surface area contributed by atoms with Crippen molar-refractivity contribution in [3.63, 3.8) is 0 Å². The molecule has 0 fully saturated rings. The Kier molecular flexibility index (Phi) is 4.51. The summed E-state index contributed by atoms with van der Waals surface area (Å²) in [5, 5.41) is 0. The summed E-state index contributed by atoms with van der Waals surface area (Å²) in [6, 6.07) is 4.70. The maximum Gasteiger partial charge on any atom is 0.161 e. The molecular weight excluding hydrogens is 244 g/mol. The lowest BCUT2D eigenvalue weighted by Gasteiger charge is -2.10. The number of methoxy groups -OCH3 is 1. The first-order valence-corrected chi connectivity index (χ1v) is 6.96. The largest absolute Gasteiger partial charge is 0.493 e. The van der Waals surface area contributed by atoms with E-state index < -0.39 is 9.84 Å². The van der Waals surface area contributed by atoms with Gasteiger partial charge in [0.1, 0.15) is 12.9 Å². The zero-order valence-corrected chi connectivity index (χ0v) is 10.5. The van der Waals surface area contributed by atoms with Crippen LogP contribution in [0.2, 0.25) is 0 Å². The molecule has 1 aromatic rings. The van der Waals surface area contributed by atoms with Gasteiger partial charge in [0.05, 0.1) is 12.9 Å². The lowest BCUT2D eigenvalue weighted by molar-refractivity contribution is 0.112. The summed E-state index contributed by atoms with van der Waals surface area (Å²) in [6.45, 7) is 0.0253. The normalized spacial score (nSPS) is 10.9. The maximum absolute atomic E-state index is 10.9. The van der Waals surface area contributed by atoms with Crippen molar-refractivity contribution in [1.82, 2.24) is 0 Å². The topological polar surface area (TPSA) is 69.7 Å². The molecule has 0 aliphatic heterocycles. The molecule has 0 saturated heterocycles. The van der Waals surface area contributed by atoms with Gasteiger partial charge in [-0.15, -0.1) is 0 Å². The summed E-state index contributed by atoms with van der Waals surface area (Å²) >= 11 is 0. The fourth-order valence-corrected chi connectivity index (χ4v) is 1.57. The highest BCUT2D eigenvalue weighted by molar-refractivity contribution is 7.90. The average molecular weight is 258 g/mol. The Balaban J connectivity index is 2.77. The van der Waals surface area contributed by atoms with Crippen LogP contribution in [-0.2, 0) is 9.84 Å². The Morgan fingerprint density at radius 1 is 1.29 bits per heavy atom. The Hall–Kier alpha value is -1.56. The second kappa shape index (κ2) is 5.67. The summed E-state index contributed by atoms with van der Waals surface area (Å²) in [4.78, 5) is 10.6. The van der Waals surface area contributed by atoms with Crippen LogP contribution in [0.4, 0.5) is 0 Å². The van der Waals surface area contributed by atoms with Gasteiger partial charge in [-0.3, -0.25) is 4.79 Å². The number of hydrogen-bond acceptors (Lipinski definition) is 5. The van der Waals surface area contributed by atoms with Crippen molar-refractivity contribution < 1.29 is 22.7 Å². The lowest BCUT2D eigenvalue weighted by Crippen LogP contribution is -2.12. The van der Waals surface area contributed by atoms with Crippen LogP contribution in [-0.4, -0.2) is 40.4 Å². The summed E-state index contributed by atoms with van der Waals surface area (Å²) in [5.74, 6) is 0.742. The fraction of sp³-hybridized carbons (Fsp3) is 0.364. The van der Waals surface area contributed by atoms with Crippen molar-refractivity contribution in [2.24, 2.45) is 0 Å². The minimum atomic E-state index is -3.06. The highest BCUT2D eigenvalue weighted by atomic mass is 32.2. The molecule has 1 rings (SSSR count). The van der Waals surface area contributed by atoms with Crippen LogP contribution in [0.1, 0.15) is 10.4 Å². The summed E-state index contributed by atoms with van der Waals surface area (Å²) < 4.78 is 32.2. The van der Waals surface area contributed by atoms with Gasteiger partial charge < -0.3 is 9.47 Å². The summed E-state index contributed by atoms with van der Waals surface area (Å²) in [6.07, 6.45) is 1.82. The van der Waals surface area contributed by atoms with Crippen LogP contribution in [0, 0.1) is 0 Å². The van der Waals surface area contributed by atoms with E-state index in [1.165, 1.54) is 13.2 Å². The van der Waals surface area contributed by atoms with Crippen molar-refractivity contribution in [2.45, 2.75) is 0 Å². The van der Waals surface area contributed by atoms with E-state index in [4.69, 9.17) is 9.47 Å². The molecule has 6 heteroatoms. The van der Waals surface area contributed by atoms with E-state index in [1.54, 1.807) is 12.1 Å². The minimum absolute atomic E-state index is 0.0253. The zero-order chi connectivity index (χ0) is 12.9. The van der Waals surface area contributed by atoms with Crippen LogP contribution in [0.3, 0.4) is 0 Å². The molecule has 0 N–H and O–H groups in total. The number of carbonyl (C=O) groups is 1. The van der Waals surface area contributed by atoms with Gasteiger partial charge in [0.2, 0.25) is 0 Å². The van der Waals surface area contributed by atoms with E-state index in [1.807, 2.05) is 0 Å². The summed E-state index contributed by atoms with van der Waals surface area (Å²) in [5.41, 5.74) is 0.445. The van der Waals surface area contributed by atoms with Gasteiger partial charge in [-0.2, -0.15) is 0 Å². The van der Waals surface area contributed by atoms with Crippen LogP contribution >= 0.6 is 0 Å². The number of sulfone groups is 1. The van der Waals surface area contributed by atoms with E-state index in [9.17, 15) is 13.2 Å². The van der Waals surface area contributed by atoms with E-state index in [0.717, 1.165) is 6.26 Å². The van der Waals surface area contributed by atoms with Gasteiger partial charge in [0.15, 0.2) is 21.3 Å². The van der Waals surface area contributed by atoms with E-state index in [0.29, 0.717) is 23.3 Å². The number of carbonyl (C=O) groups excluding carboxylic acids is 1. The highest BCUT2D eigenvalue weighted by Crippen LogP contribution is 2.27. The molecule has 0 radical (unpaired) electrons. The van der Waals surface area contributed by atoms with Crippen LogP contribution in [0.15, 0.2) is 18.2 Å². The fourth-order valence-electron chi connectivity index (χ4n) is 1.18. The summed E-state index contributed by atoms with van der Waals surface area (Å²) in [7, 11) is -1.59. The Morgan fingerprint density at radius 2 is 2.00 bits per heavy atom. The second-order valence-corrected chi connectivity index (χ2v) is 5.77. The SMILES string of the molecule is COc1ccc(C=O)cc1OCCS(C)(=O)=O. The third-order valence-electron chi connectivity index (χ3n) is 2.04. The van der Waals surface area contributed by atoms with Gasteiger partial charge in [-0.05, 0) is 18.2 Å². The maximum atomic E-state index is 10.9. The third kappa shape index (κ3) is 4.44. The molecule has 0 aromatic heterocycles. The molecule has 1 aromatic carbocycles. The van der Waals surface area contributed by atoms with Crippen LogP contribution in [0.25, 0.3) is 0 Å². The van der Waals surface area contributed by atoms with Gasteiger partial charge in [-0.1, -0.05) is 0 Å². The first-order valence-electron chi connectivity index (χ1n) is 4.90.